The number of esters is 1. The Hall–Kier alpha value is -0.0900. The lowest BCUT2D eigenvalue weighted by atomic mass is 10.0. The van der Waals surface area contributed by atoms with Crippen molar-refractivity contribution in [3.63, 3.8) is 0 Å². The first-order valence-corrected chi connectivity index (χ1v) is 5.89. The van der Waals surface area contributed by atoms with Crippen molar-refractivity contribution in [3.8, 4) is 0 Å². The minimum atomic E-state index is -0.251. The number of nitrogens with one attached hydrogen (secondary N) is 1. The van der Waals surface area contributed by atoms with Crippen molar-refractivity contribution < 1.29 is 9.53 Å². The Bertz CT molecular complexity index is 176. The molecule has 0 saturated heterocycles. The maximum Gasteiger partial charge on any atom is 0.320 e. The second-order valence-corrected chi connectivity index (χ2v) is 4.68. The number of methoxy groups -OCH3 is 1. The normalized spacial score (nSPS) is 17.2. The van der Waals surface area contributed by atoms with Crippen LogP contribution in [0.1, 0.15) is 27.2 Å². The number of hydrogen-bond donors (Lipinski definition) is 1. The van der Waals surface area contributed by atoms with Crippen LogP contribution in [-0.2, 0) is 9.53 Å². The Kier molecular flexibility index (Phi) is 7.19. The van der Waals surface area contributed by atoms with Gasteiger partial charge in [-0.25, -0.2) is 0 Å². The van der Waals surface area contributed by atoms with Gasteiger partial charge in [-0.1, -0.05) is 36.2 Å². The Labute approximate surface area is 94.7 Å². The van der Waals surface area contributed by atoms with Crippen LogP contribution in [0, 0.1) is 5.92 Å². The van der Waals surface area contributed by atoms with Crippen molar-refractivity contribution in [3.05, 3.63) is 0 Å². The highest BCUT2D eigenvalue weighted by molar-refractivity contribution is 9.10. The molecule has 3 unspecified atom stereocenters. The molecule has 0 rings (SSSR count). The highest BCUT2D eigenvalue weighted by Gasteiger charge is 2.17. The monoisotopic (exact) mass is 265 g/mol. The first-order chi connectivity index (χ1) is 6.52. The highest BCUT2D eigenvalue weighted by Crippen LogP contribution is 2.08. The lowest BCUT2D eigenvalue weighted by Gasteiger charge is -2.20. The minimum Gasteiger partial charge on any atom is -0.468 e. The second kappa shape index (κ2) is 7.23. The molecule has 84 valence electrons. The molecular formula is C10H20BrNO2. The van der Waals surface area contributed by atoms with Gasteiger partial charge in [0.2, 0.25) is 0 Å². The molecule has 0 saturated carbocycles. The molecule has 3 atom stereocenters. The average Bonchev–Trinajstić information content (AvgIpc) is 2.22. The van der Waals surface area contributed by atoms with Gasteiger partial charge in [0.15, 0.2) is 0 Å². The Balaban J connectivity index is 3.76. The van der Waals surface area contributed by atoms with Crippen LogP contribution in [0.4, 0.5) is 0 Å². The summed E-state index contributed by atoms with van der Waals surface area (Å²) >= 11 is 3.27. The van der Waals surface area contributed by atoms with Gasteiger partial charge in [0.25, 0.3) is 0 Å². The Morgan fingerprint density at radius 2 is 2.07 bits per heavy atom. The first kappa shape index (κ1) is 13.9. The van der Waals surface area contributed by atoms with Gasteiger partial charge in [0, 0.05) is 12.6 Å². The third kappa shape index (κ3) is 4.96. The van der Waals surface area contributed by atoms with E-state index >= 15 is 0 Å². The Morgan fingerprint density at radius 1 is 1.50 bits per heavy atom. The van der Waals surface area contributed by atoms with Gasteiger partial charge in [-0.15, -0.1) is 0 Å². The van der Waals surface area contributed by atoms with Gasteiger partial charge in [0.05, 0.1) is 7.11 Å². The fraction of sp³-hybridized carbons (Fsp3) is 0.900. The summed E-state index contributed by atoms with van der Waals surface area (Å²) in [6, 6.07) is 0.421. The molecule has 1 N–H and O–H groups in total. The number of carbonyl (C=O) groups excluding carboxylic acids is 1. The van der Waals surface area contributed by atoms with Gasteiger partial charge < -0.3 is 10.1 Å². The van der Waals surface area contributed by atoms with E-state index in [1.807, 2.05) is 0 Å². The van der Waals surface area contributed by atoms with Crippen LogP contribution in [0.25, 0.3) is 0 Å². The zero-order valence-electron chi connectivity index (χ0n) is 9.34. The maximum atomic E-state index is 11.1. The van der Waals surface area contributed by atoms with Crippen LogP contribution in [0.15, 0.2) is 0 Å². The molecule has 0 fully saturated rings. The van der Waals surface area contributed by atoms with Crippen LogP contribution in [0.5, 0.6) is 0 Å². The molecule has 0 aliphatic heterocycles. The lowest BCUT2D eigenvalue weighted by Crippen LogP contribution is -2.38. The highest BCUT2D eigenvalue weighted by atomic mass is 79.9. The van der Waals surface area contributed by atoms with Crippen LogP contribution in [0.3, 0.4) is 0 Å². The van der Waals surface area contributed by atoms with E-state index in [2.05, 4.69) is 46.8 Å². The van der Waals surface area contributed by atoms with E-state index in [9.17, 15) is 4.79 Å². The molecule has 0 heterocycles. The van der Waals surface area contributed by atoms with Crippen molar-refractivity contribution >= 4 is 21.9 Å². The van der Waals surface area contributed by atoms with Crippen molar-refractivity contribution in [1.82, 2.24) is 5.32 Å². The van der Waals surface area contributed by atoms with Gasteiger partial charge in [0.1, 0.15) is 4.83 Å². The number of alkyl halides is 1. The quantitative estimate of drug-likeness (QED) is 0.590. The fourth-order valence-corrected chi connectivity index (χ4v) is 1.43. The van der Waals surface area contributed by atoms with Gasteiger partial charge in [-0.2, -0.15) is 0 Å². The van der Waals surface area contributed by atoms with E-state index in [1.165, 1.54) is 7.11 Å². The molecule has 0 spiro atoms. The molecular weight excluding hydrogens is 246 g/mol. The minimum absolute atomic E-state index is 0.228. The Morgan fingerprint density at radius 3 is 2.50 bits per heavy atom. The molecule has 0 aliphatic carbocycles. The molecule has 0 aromatic carbocycles. The summed E-state index contributed by atoms with van der Waals surface area (Å²) in [5.74, 6) is 0.390. The molecule has 0 bridgehead atoms. The van der Waals surface area contributed by atoms with Crippen molar-refractivity contribution in [2.45, 2.75) is 38.1 Å². The van der Waals surface area contributed by atoms with Crippen molar-refractivity contribution in [2.24, 2.45) is 5.92 Å². The first-order valence-electron chi connectivity index (χ1n) is 4.98. The predicted molar refractivity (Wildman–Crippen MR) is 61.7 cm³/mol. The maximum absolute atomic E-state index is 11.1. The van der Waals surface area contributed by atoms with Crippen LogP contribution in [-0.4, -0.2) is 30.5 Å². The summed E-state index contributed by atoms with van der Waals surface area (Å²) in [6.07, 6.45) is 1.14. The largest absolute Gasteiger partial charge is 0.468 e. The number of halogens is 1. The molecule has 0 aromatic heterocycles. The number of hydrogen-bond acceptors (Lipinski definition) is 3. The van der Waals surface area contributed by atoms with E-state index in [0.717, 1.165) is 6.42 Å². The molecule has 3 nitrogen and oxygen atoms in total. The van der Waals surface area contributed by atoms with E-state index in [1.54, 1.807) is 0 Å². The number of carbonyl (C=O) groups is 1. The number of rotatable bonds is 6. The topological polar surface area (TPSA) is 38.3 Å². The SMILES string of the molecule is CCC(C)C(C)NCC(Br)C(=O)OC. The average molecular weight is 266 g/mol. The molecule has 0 radical (unpaired) electrons. The predicted octanol–water partition coefficient (Wildman–Crippen LogP) is 1.95. The van der Waals surface area contributed by atoms with Crippen molar-refractivity contribution in [1.29, 1.82) is 0 Å². The molecule has 0 aromatic rings. The van der Waals surface area contributed by atoms with Crippen LogP contribution < -0.4 is 5.32 Å². The molecule has 0 amide bonds. The number of ether oxygens (including phenoxy) is 1. The van der Waals surface area contributed by atoms with E-state index in [4.69, 9.17) is 0 Å². The smallest absolute Gasteiger partial charge is 0.320 e. The van der Waals surface area contributed by atoms with Gasteiger partial charge in [-0.3, -0.25) is 4.79 Å². The van der Waals surface area contributed by atoms with E-state index in [-0.39, 0.29) is 10.8 Å². The summed E-state index contributed by atoms with van der Waals surface area (Å²) in [5.41, 5.74) is 0. The zero-order valence-corrected chi connectivity index (χ0v) is 10.9. The molecule has 4 heteroatoms. The van der Waals surface area contributed by atoms with Gasteiger partial charge >= 0.3 is 5.97 Å². The summed E-state index contributed by atoms with van der Waals surface area (Å²) in [6.45, 7) is 7.09. The lowest BCUT2D eigenvalue weighted by molar-refractivity contribution is -0.139. The second-order valence-electron chi connectivity index (χ2n) is 3.57. The standard InChI is InChI=1S/C10H20BrNO2/c1-5-7(2)8(3)12-6-9(11)10(13)14-4/h7-9,12H,5-6H2,1-4H3. The molecule has 14 heavy (non-hydrogen) atoms. The summed E-state index contributed by atoms with van der Waals surface area (Å²) in [5, 5.41) is 3.30. The van der Waals surface area contributed by atoms with Crippen molar-refractivity contribution in [2.75, 3.05) is 13.7 Å². The van der Waals surface area contributed by atoms with Crippen LogP contribution >= 0.6 is 15.9 Å². The van der Waals surface area contributed by atoms with E-state index < -0.39 is 0 Å². The van der Waals surface area contributed by atoms with Gasteiger partial charge in [-0.05, 0) is 12.8 Å². The third-order valence-corrected chi connectivity index (χ3v) is 3.27. The fourth-order valence-electron chi connectivity index (χ4n) is 1.06. The van der Waals surface area contributed by atoms with E-state index in [0.29, 0.717) is 18.5 Å². The third-order valence-electron chi connectivity index (χ3n) is 2.57. The molecule has 0 aliphatic rings. The summed E-state index contributed by atoms with van der Waals surface area (Å²) in [4.78, 5) is 10.8. The summed E-state index contributed by atoms with van der Waals surface area (Å²) < 4.78 is 4.61. The zero-order chi connectivity index (χ0) is 11.1. The van der Waals surface area contributed by atoms with Crippen LogP contribution in [0.2, 0.25) is 0 Å². The summed E-state index contributed by atoms with van der Waals surface area (Å²) in [7, 11) is 1.40.